The van der Waals surface area contributed by atoms with Crippen molar-refractivity contribution in [3.63, 3.8) is 0 Å². The molecule has 0 saturated carbocycles. The lowest BCUT2D eigenvalue weighted by atomic mass is 9.87. The van der Waals surface area contributed by atoms with Crippen LogP contribution in [0.3, 0.4) is 0 Å². The fourth-order valence-electron chi connectivity index (χ4n) is 4.45. The number of methoxy groups -OCH3 is 1. The van der Waals surface area contributed by atoms with Crippen molar-refractivity contribution in [2.45, 2.75) is 65.1 Å². The number of carbonyl (C=O) groups is 3. The van der Waals surface area contributed by atoms with Gasteiger partial charge in [-0.05, 0) is 52.2 Å². The molecule has 2 aromatic rings. The number of carbonyl (C=O) groups excluding carboxylic acids is 3. The molecule has 3 atom stereocenters. The van der Waals surface area contributed by atoms with Crippen molar-refractivity contribution in [3.8, 4) is 0 Å². The van der Waals surface area contributed by atoms with Crippen LogP contribution in [0.1, 0.15) is 58.2 Å². The highest BCUT2D eigenvalue weighted by Gasteiger charge is 2.37. The number of aromatic amines is 1. The molecular weight excluding hydrogens is 424 g/mol. The van der Waals surface area contributed by atoms with Crippen molar-refractivity contribution in [3.05, 3.63) is 35.5 Å². The monoisotopic (exact) mass is 458 g/mol. The van der Waals surface area contributed by atoms with Crippen LogP contribution in [-0.4, -0.2) is 59.8 Å². The van der Waals surface area contributed by atoms with Crippen LogP contribution in [-0.2, 0) is 30.2 Å². The Morgan fingerprint density at radius 1 is 1.18 bits per heavy atom. The minimum Gasteiger partial charge on any atom is -0.469 e. The van der Waals surface area contributed by atoms with Gasteiger partial charge in [0.15, 0.2) is 0 Å². The highest BCUT2D eigenvalue weighted by Crippen LogP contribution is 2.36. The third-order valence-corrected chi connectivity index (χ3v) is 5.97. The quantitative estimate of drug-likeness (QED) is 0.547. The predicted octanol–water partition coefficient (Wildman–Crippen LogP) is 4.18. The standard InChI is InChI=1S/C25H34N2O6/c1-15(32-16(2)28)17-13-20(23(29)31-6)22-19(18-9-7-8-10-21(18)26-22)11-12-27(14-17)24(30)33-25(3,4)5/h7-10,15,17,20,26H,11-14H2,1-6H3/t15-,17-,20-/m0/s1. The van der Waals surface area contributed by atoms with E-state index in [0.29, 0.717) is 25.9 Å². The van der Waals surface area contributed by atoms with Crippen molar-refractivity contribution in [2.24, 2.45) is 5.92 Å². The molecule has 1 aromatic carbocycles. The summed E-state index contributed by atoms with van der Waals surface area (Å²) >= 11 is 0. The summed E-state index contributed by atoms with van der Waals surface area (Å²) in [5.41, 5.74) is 2.04. The zero-order chi connectivity index (χ0) is 24.3. The highest BCUT2D eigenvalue weighted by molar-refractivity contribution is 5.88. The summed E-state index contributed by atoms with van der Waals surface area (Å²) in [4.78, 5) is 42.7. The van der Waals surface area contributed by atoms with Crippen LogP contribution < -0.4 is 0 Å². The van der Waals surface area contributed by atoms with Crippen LogP contribution in [0.15, 0.2) is 24.3 Å². The molecule has 0 saturated heterocycles. The molecule has 1 aliphatic heterocycles. The molecule has 0 aliphatic carbocycles. The van der Waals surface area contributed by atoms with Gasteiger partial charge in [-0.25, -0.2) is 4.79 Å². The maximum atomic E-state index is 13.1. The van der Waals surface area contributed by atoms with Gasteiger partial charge in [0.25, 0.3) is 0 Å². The molecule has 0 radical (unpaired) electrons. The number of benzene rings is 1. The lowest BCUT2D eigenvalue weighted by Crippen LogP contribution is -2.43. The topological polar surface area (TPSA) is 97.9 Å². The van der Waals surface area contributed by atoms with Crippen LogP contribution in [0.25, 0.3) is 10.9 Å². The van der Waals surface area contributed by atoms with E-state index in [1.54, 1.807) is 11.8 Å². The average molecular weight is 459 g/mol. The molecule has 180 valence electrons. The Bertz CT molecular complexity index is 1020. The number of aromatic nitrogens is 1. The summed E-state index contributed by atoms with van der Waals surface area (Å²) in [6.07, 6.45) is -0.0491. The maximum Gasteiger partial charge on any atom is 0.410 e. The van der Waals surface area contributed by atoms with E-state index in [9.17, 15) is 14.4 Å². The van der Waals surface area contributed by atoms with Crippen LogP contribution in [0, 0.1) is 5.92 Å². The second-order valence-electron chi connectivity index (χ2n) is 9.63. The summed E-state index contributed by atoms with van der Waals surface area (Å²) in [6, 6.07) is 7.86. The van der Waals surface area contributed by atoms with Crippen LogP contribution in [0.2, 0.25) is 0 Å². The lowest BCUT2D eigenvalue weighted by molar-refractivity contribution is -0.149. The molecule has 1 aliphatic rings. The van der Waals surface area contributed by atoms with Gasteiger partial charge in [-0.3, -0.25) is 9.59 Å². The molecule has 3 rings (SSSR count). The second kappa shape index (κ2) is 9.85. The van der Waals surface area contributed by atoms with E-state index in [1.165, 1.54) is 14.0 Å². The van der Waals surface area contributed by atoms with Gasteiger partial charge in [-0.2, -0.15) is 0 Å². The van der Waals surface area contributed by atoms with Crippen LogP contribution in [0.4, 0.5) is 4.79 Å². The third kappa shape index (κ3) is 5.86. The molecule has 2 heterocycles. The first-order chi connectivity index (χ1) is 15.5. The number of para-hydroxylation sites is 1. The van der Waals surface area contributed by atoms with Gasteiger partial charge in [0.2, 0.25) is 0 Å². The molecule has 0 fully saturated rings. The normalized spacial score (nSPS) is 20.1. The van der Waals surface area contributed by atoms with Gasteiger partial charge in [0.1, 0.15) is 11.7 Å². The number of esters is 2. The van der Waals surface area contributed by atoms with Crippen molar-refractivity contribution in [2.75, 3.05) is 20.2 Å². The van der Waals surface area contributed by atoms with Crippen molar-refractivity contribution < 1.29 is 28.6 Å². The van der Waals surface area contributed by atoms with E-state index in [1.807, 2.05) is 45.0 Å². The number of hydrogen-bond donors (Lipinski definition) is 1. The summed E-state index contributed by atoms with van der Waals surface area (Å²) in [5, 5.41) is 1.01. The summed E-state index contributed by atoms with van der Waals surface area (Å²) < 4.78 is 16.3. The van der Waals surface area contributed by atoms with Crippen LogP contribution >= 0.6 is 0 Å². The minimum absolute atomic E-state index is 0.291. The number of hydrogen-bond acceptors (Lipinski definition) is 6. The molecule has 33 heavy (non-hydrogen) atoms. The average Bonchev–Trinajstić information content (AvgIpc) is 3.11. The fraction of sp³-hybridized carbons (Fsp3) is 0.560. The first kappa shape index (κ1) is 24.6. The summed E-state index contributed by atoms with van der Waals surface area (Å²) in [5.74, 6) is -1.66. The number of nitrogens with one attached hydrogen (secondary N) is 1. The SMILES string of the molecule is COC(=O)[C@H]1C[C@H]([C@H](C)OC(C)=O)CN(C(=O)OC(C)(C)C)CCc2c1[nH]c1ccccc21. The molecule has 1 N–H and O–H groups in total. The molecule has 0 bridgehead atoms. The van der Waals surface area contributed by atoms with E-state index in [0.717, 1.165) is 22.2 Å². The van der Waals surface area contributed by atoms with Crippen molar-refractivity contribution in [1.82, 2.24) is 9.88 Å². The van der Waals surface area contributed by atoms with E-state index in [4.69, 9.17) is 14.2 Å². The molecule has 0 unspecified atom stereocenters. The zero-order valence-corrected chi connectivity index (χ0v) is 20.3. The molecule has 0 spiro atoms. The first-order valence-corrected chi connectivity index (χ1v) is 11.3. The fourth-order valence-corrected chi connectivity index (χ4v) is 4.45. The number of nitrogens with zero attached hydrogens (tertiary/aromatic N) is 1. The Kier molecular flexibility index (Phi) is 7.34. The first-order valence-electron chi connectivity index (χ1n) is 11.3. The molecular formula is C25H34N2O6. The van der Waals surface area contributed by atoms with Gasteiger partial charge in [-0.1, -0.05) is 18.2 Å². The largest absolute Gasteiger partial charge is 0.469 e. The van der Waals surface area contributed by atoms with E-state index < -0.39 is 29.7 Å². The number of amides is 1. The van der Waals surface area contributed by atoms with Crippen molar-refractivity contribution >= 4 is 28.9 Å². The number of ether oxygens (including phenoxy) is 3. The van der Waals surface area contributed by atoms with Gasteiger partial charge in [0.05, 0.1) is 13.0 Å². The Morgan fingerprint density at radius 2 is 1.88 bits per heavy atom. The highest BCUT2D eigenvalue weighted by atomic mass is 16.6. The molecule has 1 aromatic heterocycles. The maximum absolute atomic E-state index is 13.1. The Labute approximate surface area is 194 Å². The Morgan fingerprint density at radius 3 is 2.52 bits per heavy atom. The van der Waals surface area contributed by atoms with Crippen molar-refractivity contribution in [1.29, 1.82) is 0 Å². The molecule has 8 heteroatoms. The van der Waals surface area contributed by atoms with Gasteiger partial charge in [0, 0.05) is 42.5 Å². The predicted molar refractivity (Wildman–Crippen MR) is 124 cm³/mol. The molecule has 1 amide bonds. The molecule has 8 nitrogen and oxygen atoms in total. The lowest BCUT2D eigenvalue weighted by Gasteiger charge is -2.32. The van der Waals surface area contributed by atoms with E-state index in [-0.39, 0.29) is 11.9 Å². The van der Waals surface area contributed by atoms with E-state index in [2.05, 4.69) is 4.98 Å². The van der Waals surface area contributed by atoms with Gasteiger partial charge < -0.3 is 24.1 Å². The van der Waals surface area contributed by atoms with Gasteiger partial charge >= 0.3 is 18.0 Å². The Hall–Kier alpha value is -3.03. The summed E-state index contributed by atoms with van der Waals surface area (Å²) in [7, 11) is 1.37. The third-order valence-electron chi connectivity index (χ3n) is 5.97. The van der Waals surface area contributed by atoms with E-state index >= 15 is 0 Å². The van der Waals surface area contributed by atoms with Gasteiger partial charge in [-0.15, -0.1) is 0 Å². The second-order valence-corrected chi connectivity index (χ2v) is 9.63. The Balaban J connectivity index is 2.08. The number of fused-ring (bicyclic) bond motifs is 3. The minimum atomic E-state index is -0.646. The zero-order valence-electron chi connectivity index (χ0n) is 20.3. The number of H-pyrrole nitrogens is 1. The summed E-state index contributed by atoms with van der Waals surface area (Å²) in [6.45, 7) is 9.31. The van der Waals surface area contributed by atoms with Crippen LogP contribution in [0.5, 0.6) is 0 Å². The number of rotatable bonds is 3. The smallest absolute Gasteiger partial charge is 0.410 e.